The molecule has 0 saturated carbocycles. The lowest BCUT2D eigenvalue weighted by molar-refractivity contribution is 0.00684. The standard InChI is InChI=1S/C25H34N4O4S/c1-5-29(34(30,31)21-9-6-19(26)7-10-21)20-8-11-23-22(16-20)27-24(25(2,3)32-4)28(23)17-18-12-14-33-15-13-18/h6-11,16,18H,5,12-15,17,26H2,1-4H3. The zero-order chi connectivity index (χ0) is 24.5. The highest BCUT2D eigenvalue weighted by Crippen LogP contribution is 2.33. The number of anilines is 2. The van der Waals surface area contributed by atoms with Crippen LogP contribution in [0.4, 0.5) is 11.4 Å². The van der Waals surface area contributed by atoms with Crippen molar-refractivity contribution in [1.29, 1.82) is 0 Å². The van der Waals surface area contributed by atoms with Crippen LogP contribution in [0.15, 0.2) is 47.4 Å². The van der Waals surface area contributed by atoms with Crippen LogP contribution < -0.4 is 10.0 Å². The Balaban J connectivity index is 1.77. The molecule has 2 N–H and O–H groups in total. The van der Waals surface area contributed by atoms with Crippen LogP contribution in [0.5, 0.6) is 0 Å². The number of fused-ring (bicyclic) bond motifs is 1. The Labute approximate surface area is 201 Å². The number of rotatable bonds is 8. The van der Waals surface area contributed by atoms with Gasteiger partial charge in [0.05, 0.1) is 21.6 Å². The molecule has 1 aliphatic rings. The minimum atomic E-state index is -3.74. The van der Waals surface area contributed by atoms with Crippen molar-refractivity contribution in [3.8, 4) is 0 Å². The number of hydrogen-bond donors (Lipinski definition) is 1. The van der Waals surface area contributed by atoms with Crippen molar-refractivity contribution in [1.82, 2.24) is 9.55 Å². The summed E-state index contributed by atoms with van der Waals surface area (Å²) in [5.41, 5.74) is 7.96. The van der Waals surface area contributed by atoms with E-state index >= 15 is 0 Å². The number of nitrogens with zero attached hydrogens (tertiary/aromatic N) is 3. The Morgan fingerprint density at radius 2 is 1.85 bits per heavy atom. The van der Waals surface area contributed by atoms with Gasteiger partial charge in [-0.05, 0) is 82.0 Å². The predicted molar refractivity (Wildman–Crippen MR) is 134 cm³/mol. The average molecular weight is 487 g/mol. The van der Waals surface area contributed by atoms with Gasteiger partial charge in [-0.2, -0.15) is 0 Å². The smallest absolute Gasteiger partial charge is 0.264 e. The highest BCUT2D eigenvalue weighted by molar-refractivity contribution is 7.92. The van der Waals surface area contributed by atoms with Crippen molar-refractivity contribution >= 4 is 32.4 Å². The summed E-state index contributed by atoms with van der Waals surface area (Å²) in [5, 5.41) is 0. The summed E-state index contributed by atoms with van der Waals surface area (Å²) in [6.45, 7) is 8.49. The molecule has 0 radical (unpaired) electrons. The topological polar surface area (TPSA) is 99.7 Å². The van der Waals surface area contributed by atoms with E-state index in [9.17, 15) is 8.42 Å². The third kappa shape index (κ3) is 4.64. The van der Waals surface area contributed by atoms with E-state index in [1.165, 1.54) is 16.4 Å². The lowest BCUT2D eigenvalue weighted by Gasteiger charge is -2.27. The zero-order valence-electron chi connectivity index (χ0n) is 20.3. The highest BCUT2D eigenvalue weighted by atomic mass is 32.2. The summed E-state index contributed by atoms with van der Waals surface area (Å²) < 4.78 is 41.7. The fraction of sp³-hybridized carbons (Fsp3) is 0.480. The highest BCUT2D eigenvalue weighted by Gasteiger charge is 2.30. The molecule has 2 heterocycles. The molecule has 1 saturated heterocycles. The number of benzene rings is 2. The summed E-state index contributed by atoms with van der Waals surface area (Å²) in [5.74, 6) is 1.33. The van der Waals surface area contributed by atoms with Crippen molar-refractivity contribution < 1.29 is 17.9 Å². The number of sulfonamides is 1. The molecule has 4 rings (SSSR count). The monoisotopic (exact) mass is 486 g/mol. The van der Waals surface area contributed by atoms with E-state index in [-0.39, 0.29) is 11.4 Å². The number of nitrogens with two attached hydrogens (primary N) is 1. The molecular formula is C25H34N4O4S. The van der Waals surface area contributed by atoms with Gasteiger partial charge in [-0.15, -0.1) is 0 Å². The maximum absolute atomic E-state index is 13.4. The van der Waals surface area contributed by atoms with Crippen LogP contribution in [-0.2, 0) is 31.6 Å². The first kappa shape index (κ1) is 24.5. The summed E-state index contributed by atoms with van der Waals surface area (Å²) in [4.78, 5) is 5.14. The van der Waals surface area contributed by atoms with Crippen molar-refractivity contribution in [3.63, 3.8) is 0 Å². The molecule has 0 bridgehead atoms. The number of methoxy groups -OCH3 is 1. The second kappa shape index (κ2) is 9.56. The Bertz CT molecular complexity index is 1250. The first-order valence-electron chi connectivity index (χ1n) is 11.7. The van der Waals surface area contributed by atoms with Crippen LogP contribution in [0, 0.1) is 5.92 Å². The van der Waals surface area contributed by atoms with E-state index in [4.69, 9.17) is 20.2 Å². The maximum atomic E-state index is 13.4. The molecule has 0 unspecified atom stereocenters. The molecule has 2 aromatic carbocycles. The molecule has 0 spiro atoms. The molecule has 1 fully saturated rings. The van der Waals surface area contributed by atoms with Gasteiger partial charge in [0, 0.05) is 39.1 Å². The molecular weight excluding hydrogens is 452 g/mol. The third-order valence-corrected chi connectivity index (χ3v) is 8.52. The summed E-state index contributed by atoms with van der Waals surface area (Å²) >= 11 is 0. The molecule has 3 aromatic rings. The van der Waals surface area contributed by atoms with Crippen molar-refractivity contribution in [3.05, 3.63) is 48.3 Å². The molecule has 8 nitrogen and oxygen atoms in total. The normalized spacial score (nSPS) is 15.6. The predicted octanol–water partition coefficient (Wildman–Crippen LogP) is 4.14. The number of nitrogen functional groups attached to an aromatic ring is 1. The molecule has 0 amide bonds. The number of aromatic nitrogens is 2. The van der Waals surface area contributed by atoms with E-state index in [2.05, 4.69) is 4.57 Å². The molecule has 34 heavy (non-hydrogen) atoms. The lowest BCUT2D eigenvalue weighted by atomic mass is 9.99. The first-order chi connectivity index (χ1) is 16.2. The van der Waals surface area contributed by atoms with Crippen LogP contribution >= 0.6 is 0 Å². The molecule has 184 valence electrons. The van der Waals surface area contributed by atoms with Gasteiger partial charge in [-0.1, -0.05) is 0 Å². The Hall–Kier alpha value is -2.62. The molecule has 1 aliphatic heterocycles. The number of ether oxygens (including phenoxy) is 2. The van der Waals surface area contributed by atoms with E-state index < -0.39 is 15.6 Å². The van der Waals surface area contributed by atoms with E-state index in [0.717, 1.165) is 49.5 Å². The third-order valence-electron chi connectivity index (χ3n) is 6.61. The SMILES string of the molecule is CCN(c1ccc2c(c1)nc(C(C)(C)OC)n2CC1CCOCC1)S(=O)(=O)c1ccc(N)cc1. The van der Waals surface area contributed by atoms with Crippen molar-refractivity contribution in [2.75, 3.05) is 36.9 Å². The van der Waals surface area contributed by atoms with Gasteiger partial charge >= 0.3 is 0 Å². The summed E-state index contributed by atoms with van der Waals surface area (Å²) in [6.07, 6.45) is 2.02. The molecule has 0 aliphatic carbocycles. The van der Waals surface area contributed by atoms with Gasteiger partial charge in [-0.25, -0.2) is 13.4 Å². The Kier molecular flexibility index (Phi) is 6.89. The van der Waals surface area contributed by atoms with Gasteiger partial charge < -0.3 is 19.8 Å². The van der Waals surface area contributed by atoms with E-state index in [1.54, 1.807) is 19.2 Å². The maximum Gasteiger partial charge on any atom is 0.264 e. The zero-order valence-corrected chi connectivity index (χ0v) is 21.1. The molecule has 0 atom stereocenters. The number of hydrogen-bond acceptors (Lipinski definition) is 6. The summed E-state index contributed by atoms with van der Waals surface area (Å²) in [7, 11) is -2.06. The largest absolute Gasteiger partial charge is 0.399 e. The van der Waals surface area contributed by atoms with E-state index in [0.29, 0.717) is 17.3 Å². The van der Waals surface area contributed by atoms with Crippen LogP contribution in [0.25, 0.3) is 11.0 Å². The quantitative estimate of drug-likeness (QED) is 0.481. The second-order valence-electron chi connectivity index (χ2n) is 9.23. The lowest BCUT2D eigenvalue weighted by Crippen LogP contribution is -2.30. The van der Waals surface area contributed by atoms with Gasteiger partial charge in [0.15, 0.2) is 0 Å². The number of imidazole rings is 1. The summed E-state index contributed by atoms with van der Waals surface area (Å²) in [6, 6.07) is 11.9. The fourth-order valence-electron chi connectivity index (χ4n) is 4.45. The first-order valence-corrected chi connectivity index (χ1v) is 13.1. The van der Waals surface area contributed by atoms with Crippen molar-refractivity contribution in [2.45, 2.75) is 50.7 Å². The molecule has 1 aromatic heterocycles. The fourth-order valence-corrected chi connectivity index (χ4v) is 5.92. The van der Waals surface area contributed by atoms with Gasteiger partial charge in [0.2, 0.25) is 0 Å². The molecule has 9 heteroatoms. The Morgan fingerprint density at radius 3 is 2.47 bits per heavy atom. The van der Waals surface area contributed by atoms with Crippen LogP contribution in [-0.4, -0.2) is 44.8 Å². The average Bonchev–Trinajstić information content (AvgIpc) is 3.19. The second-order valence-corrected chi connectivity index (χ2v) is 11.1. The Morgan fingerprint density at radius 1 is 1.18 bits per heavy atom. The minimum Gasteiger partial charge on any atom is -0.399 e. The minimum absolute atomic E-state index is 0.204. The van der Waals surface area contributed by atoms with Gasteiger partial charge in [0.25, 0.3) is 10.0 Å². The van der Waals surface area contributed by atoms with Crippen LogP contribution in [0.3, 0.4) is 0 Å². The van der Waals surface area contributed by atoms with E-state index in [1.807, 2.05) is 39.0 Å². The van der Waals surface area contributed by atoms with Crippen LogP contribution in [0.2, 0.25) is 0 Å². The van der Waals surface area contributed by atoms with Crippen LogP contribution in [0.1, 0.15) is 39.4 Å². The van der Waals surface area contributed by atoms with Gasteiger partial charge in [0.1, 0.15) is 11.4 Å². The van der Waals surface area contributed by atoms with Crippen molar-refractivity contribution in [2.24, 2.45) is 5.92 Å². The van der Waals surface area contributed by atoms with Gasteiger partial charge in [-0.3, -0.25) is 4.31 Å².